The predicted molar refractivity (Wildman–Crippen MR) is 83.6 cm³/mol. The van der Waals surface area contributed by atoms with Gasteiger partial charge >= 0.3 is 0 Å². The molecule has 2 aromatic rings. The molecule has 3 rings (SSSR count). The summed E-state index contributed by atoms with van der Waals surface area (Å²) in [7, 11) is 0. The third-order valence-corrected chi connectivity index (χ3v) is 4.46. The van der Waals surface area contributed by atoms with E-state index in [0.29, 0.717) is 12.5 Å². The minimum absolute atomic E-state index is 0.0597. The second kappa shape index (κ2) is 6.36. The topological polar surface area (TPSA) is 9.23 Å². The highest BCUT2D eigenvalue weighted by Crippen LogP contribution is 2.33. The van der Waals surface area contributed by atoms with Gasteiger partial charge in [-0.15, -0.1) is 0 Å². The molecule has 1 heterocycles. The van der Waals surface area contributed by atoms with Crippen LogP contribution in [0.15, 0.2) is 30.3 Å². The first kappa shape index (κ1) is 16.1. The van der Waals surface area contributed by atoms with Crippen LogP contribution in [-0.2, 0) is 4.74 Å². The second-order valence-corrected chi connectivity index (χ2v) is 6.31. The minimum Gasteiger partial charge on any atom is -0.373 e. The van der Waals surface area contributed by atoms with Crippen molar-refractivity contribution >= 4 is 0 Å². The zero-order valence-corrected chi connectivity index (χ0v) is 13.2. The van der Waals surface area contributed by atoms with Crippen LogP contribution < -0.4 is 0 Å². The first-order chi connectivity index (χ1) is 11.0. The molecule has 1 nitrogen and oxygen atoms in total. The molecule has 0 aliphatic carbocycles. The average molecular weight is 320 g/mol. The van der Waals surface area contributed by atoms with Crippen molar-refractivity contribution in [1.82, 2.24) is 0 Å². The van der Waals surface area contributed by atoms with Gasteiger partial charge in [-0.2, -0.15) is 0 Å². The Kier molecular flexibility index (Phi) is 4.44. The molecule has 0 aromatic heterocycles. The first-order valence-corrected chi connectivity index (χ1v) is 7.82. The van der Waals surface area contributed by atoms with Crippen LogP contribution in [0.25, 0.3) is 11.1 Å². The van der Waals surface area contributed by atoms with E-state index >= 15 is 0 Å². The highest BCUT2D eigenvalue weighted by molar-refractivity contribution is 5.65. The van der Waals surface area contributed by atoms with E-state index in [1.807, 2.05) is 0 Å². The summed E-state index contributed by atoms with van der Waals surface area (Å²) in [5.74, 6) is -1.32. The summed E-state index contributed by atoms with van der Waals surface area (Å²) >= 11 is 0. The molecule has 0 spiro atoms. The molecule has 122 valence electrons. The predicted octanol–water partition coefficient (Wildman–Crippen LogP) is 5.57. The third-order valence-electron chi connectivity index (χ3n) is 4.46. The quantitative estimate of drug-likeness (QED) is 0.703. The molecular formula is C19H19F3O. The largest absolute Gasteiger partial charge is 0.373 e. The second-order valence-electron chi connectivity index (χ2n) is 6.31. The van der Waals surface area contributed by atoms with Crippen molar-refractivity contribution in [2.24, 2.45) is 5.92 Å². The maximum absolute atomic E-state index is 14.4. The molecule has 2 unspecified atom stereocenters. The smallest absolute Gasteiger partial charge is 0.131 e. The highest BCUT2D eigenvalue weighted by atomic mass is 19.1. The van der Waals surface area contributed by atoms with Crippen LogP contribution in [0.2, 0.25) is 0 Å². The fourth-order valence-electron chi connectivity index (χ4n) is 2.91. The summed E-state index contributed by atoms with van der Waals surface area (Å²) in [5, 5.41) is 0. The van der Waals surface area contributed by atoms with Crippen LogP contribution in [0.3, 0.4) is 0 Å². The molecule has 2 aromatic carbocycles. The zero-order chi connectivity index (χ0) is 16.6. The number of benzene rings is 2. The highest BCUT2D eigenvalue weighted by Gasteiger charge is 2.21. The first-order valence-electron chi connectivity index (χ1n) is 7.82. The molecule has 4 heteroatoms. The Morgan fingerprint density at radius 1 is 0.957 bits per heavy atom. The van der Waals surface area contributed by atoms with Crippen molar-refractivity contribution in [3.05, 3.63) is 58.9 Å². The summed E-state index contributed by atoms with van der Waals surface area (Å²) < 4.78 is 47.5. The minimum atomic E-state index is -0.673. The number of ether oxygens (including phenoxy) is 1. The monoisotopic (exact) mass is 320 g/mol. The Bertz CT molecular complexity index is 696. The lowest BCUT2D eigenvalue weighted by atomic mass is 9.94. The lowest BCUT2D eigenvalue weighted by Gasteiger charge is -2.27. The van der Waals surface area contributed by atoms with Crippen LogP contribution in [0.4, 0.5) is 13.2 Å². The molecule has 1 aliphatic rings. The Morgan fingerprint density at radius 3 is 2.22 bits per heavy atom. The van der Waals surface area contributed by atoms with E-state index in [9.17, 15) is 13.2 Å². The molecule has 2 atom stereocenters. The van der Waals surface area contributed by atoms with E-state index in [-0.39, 0.29) is 22.8 Å². The van der Waals surface area contributed by atoms with Gasteiger partial charge in [0.1, 0.15) is 17.5 Å². The SMILES string of the molecule is Cc1c(F)cc(-c2ccc(C3CCC(C)CO3)cc2F)cc1F. The third kappa shape index (κ3) is 3.27. The maximum Gasteiger partial charge on any atom is 0.131 e. The van der Waals surface area contributed by atoms with Gasteiger partial charge < -0.3 is 4.74 Å². The van der Waals surface area contributed by atoms with E-state index in [0.717, 1.165) is 30.5 Å². The van der Waals surface area contributed by atoms with E-state index in [1.165, 1.54) is 13.0 Å². The molecule has 0 N–H and O–H groups in total. The normalized spacial score (nSPS) is 21.4. The molecule has 0 radical (unpaired) electrons. The fraction of sp³-hybridized carbons (Fsp3) is 0.368. The summed E-state index contributed by atoms with van der Waals surface area (Å²) in [5.41, 5.74) is 1.10. The van der Waals surface area contributed by atoms with Crippen molar-refractivity contribution in [3.63, 3.8) is 0 Å². The molecule has 0 saturated carbocycles. The number of halogens is 3. The molecule has 1 aliphatic heterocycles. The van der Waals surface area contributed by atoms with Gasteiger partial charge in [0.05, 0.1) is 6.10 Å². The van der Waals surface area contributed by atoms with Crippen LogP contribution in [0, 0.1) is 30.3 Å². The lowest BCUT2D eigenvalue weighted by molar-refractivity contribution is -0.0125. The van der Waals surface area contributed by atoms with Gasteiger partial charge in [-0.05, 0) is 55.0 Å². The standard InChI is InChI=1S/C19H19F3O/c1-11-3-6-19(23-10-11)13-4-5-15(18(22)7-13)14-8-16(20)12(2)17(21)9-14/h4-5,7-9,11,19H,3,6,10H2,1-2H3. The van der Waals surface area contributed by atoms with Gasteiger partial charge in [0, 0.05) is 17.7 Å². The maximum atomic E-state index is 14.4. The van der Waals surface area contributed by atoms with E-state index < -0.39 is 17.5 Å². The fourth-order valence-corrected chi connectivity index (χ4v) is 2.91. The zero-order valence-electron chi connectivity index (χ0n) is 13.2. The Labute approximate surface area is 134 Å². The number of hydrogen-bond donors (Lipinski definition) is 0. The molecular weight excluding hydrogens is 301 g/mol. The lowest BCUT2D eigenvalue weighted by Crippen LogP contribution is -2.18. The van der Waals surface area contributed by atoms with Crippen LogP contribution in [-0.4, -0.2) is 6.61 Å². The van der Waals surface area contributed by atoms with Gasteiger partial charge in [-0.1, -0.05) is 19.1 Å². The van der Waals surface area contributed by atoms with E-state index in [2.05, 4.69) is 6.92 Å². The van der Waals surface area contributed by atoms with Gasteiger partial charge in [0.15, 0.2) is 0 Å². The van der Waals surface area contributed by atoms with Crippen LogP contribution in [0.5, 0.6) is 0 Å². The van der Waals surface area contributed by atoms with Crippen molar-refractivity contribution in [1.29, 1.82) is 0 Å². The van der Waals surface area contributed by atoms with Crippen molar-refractivity contribution in [2.45, 2.75) is 32.8 Å². The average Bonchev–Trinajstić information content (AvgIpc) is 2.53. The number of hydrogen-bond acceptors (Lipinski definition) is 1. The molecule has 0 bridgehead atoms. The summed E-state index contributed by atoms with van der Waals surface area (Å²) in [6, 6.07) is 7.07. The summed E-state index contributed by atoms with van der Waals surface area (Å²) in [4.78, 5) is 0. The van der Waals surface area contributed by atoms with Gasteiger partial charge in [-0.3, -0.25) is 0 Å². The number of rotatable bonds is 2. The summed E-state index contributed by atoms with van der Waals surface area (Å²) in [6.07, 6.45) is 1.79. The van der Waals surface area contributed by atoms with Gasteiger partial charge in [-0.25, -0.2) is 13.2 Å². The van der Waals surface area contributed by atoms with Gasteiger partial charge in [0.2, 0.25) is 0 Å². The van der Waals surface area contributed by atoms with E-state index in [4.69, 9.17) is 4.74 Å². The van der Waals surface area contributed by atoms with Crippen molar-refractivity contribution in [3.8, 4) is 11.1 Å². The van der Waals surface area contributed by atoms with Crippen LogP contribution >= 0.6 is 0 Å². The Hall–Kier alpha value is -1.81. The molecule has 0 amide bonds. The van der Waals surface area contributed by atoms with Crippen molar-refractivity contribution in [2.75, 3.05) is 6.61 Å². The van der Waals surface area contributed by atoms with E-state index in [1.54, 1.807) is 12.1 Å². The summed E-state index contributed by atoms with van der Waals surface area (Å²) in [6.45, 7) is 4.15. The van der Waals surface area contributed by atoms with Gasteiger partial charge in [0.25, 0.3) is 0 Å². The molecule has 23 heavy (non-hydrogen) atoms. The van der Waals surface area contributed by atoms with Crippen LogP contribution in [0.1, 0.15) is 37.0 Å². The Morgan fingerprint density at radius 2 is 1.65 bits per heavy atom. The molecule has 1 saturated heterocycles. The Balaban J connectivity index is 1.91. The molecule has 1 fully saturated rings. The van der Waals surface area contributed by atoms with Crippen molar-refractivity contribution < 1.29 is 17.9 Å².